The lowest BCUT2D eigenvalue weighted by molar-refractivity contribution is 0.801. The smallest absolute Gasteiger partial charge is 0.271 e. The summed E-state index contributed by atoms with van der Waals surface area (Å²) in [4.78, 5) is 12.0. The van der Waals surface area contributed by atoms with Crippen molar-refractivity contribution < 1.29 is 0 Å². The van der Waals surface area contributed by atoms with Gasteiger partial charge in [-0.3, -0.25) is 9.89 Å². The molecule has 0 unspecified atom stereocenters. The van der Waals surface area contributed by atoms with E-state index in [4.69, 9.17) is 0 Å². The van der Waals surface area contributed by atoms with Crippen molar-refractivity contribution in [1.82, 2.24) is 9.78 Å². The highest BCUT2D eigenvalue weighted by molar-refractivity contribution is 5.30. The SMILES string of the molecule is O=c1cc(CCc2ccccc2)[nH]n1-c1ccccc1. The first-order valence-electron chi connectivity index (χ1n) is 6.73. The molecule has 100 valence electrons. The Labute approximate surface area is 117 Å². The van der Waals surface area contributed by atoms with Crippen LogP contribution >= 0.6 is 0 Å². The quantitative estimate of drug-likeness (QED) is 0.773. The molecule has 2 aromatic carbocycles. The van der Waals surface area contributed by atoms with Gasteiger partial charge in [-0.15, -0.1) is 0 Å². The Morgan fingerprint density at radius 3 is 2.20 bits per heavy atom. The summed E-state index contributed by atoms with van der Waals surface area (Å²) >= 11 is 0. The standard InChI is InChI=1S/C17H16N2O/c20-17-13-15(12-11-14-7-3-1-4-8-14)18-19(17)16-9-5-2-6-10-16/h1-10,13,18H,11-12H2. The second-order valence-corrected chi connectivity index (χ2v) is 4.78. The minimum atomic E-state index is -0.0146. The number of nitrogens with one attached hydrogen (secondary N) is 1. The monoisotopic (exact) mass is 264 g/mol. The average Bonchev–Trinajstić information content (AvgIpc) is 2.88. The third kappa shape index (κ3) is 2.72. The normalized spacial score (nSPS) is 10.6. The fourth-order valence-electron chi connectivity index (χ4n) is 2.27. The maximum atomic E-state index is 12.0. The lowest BCUT2D eigenvalue weighted by atomic mass is 10.1. The van der Waals surface area contributed by atoms with E-state index in [1.54, 1.807) is 10.7 Å². The van der Waals surface area contributed by atoms with Crippen molar-refractivity contribution in [3.63, 3.8) is 0 Å². The summed E-state index contributed by atoms with van der Waals surface area (Å²) in [6, 6.07) is 21.6. The van der Waals surface area contributed by atoms with Crippen molar-refractivity contribution in [1.29, 1.82) is 0 Å². The third-order valence-electron chi connectivity index (χ3n) is 3.31. The van der Waals surface area contributed by atoms with E-state index >= 15 is 0 Å². The zero-order chi connectivity index (χ0) is 13.8. The largest absolute Gasteiger partial charge is 0.295 e. The highest BCUT2D eigenvalue weighted by atomic mass is 16.1. The molecule has 3 aromatic rings. The van der Waals surface area contributed by atoms with Crippen molar-refractivity contribution in [3.8, 4) is 5.69 Å². The van der Waals surface area contributed by atoms with E-state index in [0.717, 1.165) is 24.2 Å². The van der Waals surface area contributed by atoms with Gasteiger partial charge >= 0.3 is 0 Å². The van der Waals surface area contributed by atoms with Crippen LogP contribution < -0.4 is 5.56 Å². The highest BCUT2D eigenvalue weighted by Crippen LogP contribution is 2.06. The number of rotatable bonds is 4. The van der Waals surface area contributed by atoms with Gasteiger partial charge in [0, 0.05) is 11.8 Å². The Hall–Kier alpha value is -2.55. The fraction of sp³-hybridized carbons (Fsp3) is 0.118. The first-order valence-corrected chi connectivity index (χ1v) is 6.73. The molecule has 0 saturated carbocycles. The minimum absolute atomic E-state index is 0.0146. The molecule has 1 heterocycles. The van der Waals surface area contributed by atoms with Gasteiger partial charge in [0.1, 0.15) is 0 Å². The van der Waals surface area contributed by atoms with Gasteiger partial charge in [-0.1, -0.05) is 48.5 Å². The molecule has 3 rings (SSSR count). The lowest BCUT2D eigenvalue weighted by Crippen LogP contribution is -2.12. The molecule has 0 radical (unpaired) electrons. The van der Waals surface area contributed by atoms with Crippen LogP contribution in [0.15, 0.2) is 71.5 Å². The van der Waals surface area contributed by atoms with Crippen molar-refractivity contribution >= 4 is 0 Å². The number of hydrogen-bond donors (Lipinski definition) is 1. The maximum Gasteiger partial charge on any atom is 0.271 e. The number of H-pyrrole nitrogens is 1. The van der Waals surface area contributed by atoms with Gasteiger partial charge < -0.3 is 0 Å². The Morgan fingerprint density at radius 1 is 0.850 bits per heavy atom. The van der Waals surface area contributed by atoms with Crippen molar-refractivity contribution in [2.45, 2.75) is 12.8 Å². The van der Waals surface area contributed by atoms with Crippen molar-refractivity contribution in [2.75, 3.05) is 0 Å². The molecule has 20 heavy (non-hydrogen) atoms. The van der Waals surface area contributed by atoms with E-state index in [1.807, 2.05) is 48.5 Å². The van der Waals surface area contributed by atoms with Gasteiger partial charge in [0.25, 0.3) is 5.56 Å². The van der Waals surface area contributed by atoms with Gasteiger partial charge in [-0.05, 0) is 30.5 Å². The summed E-state index contributed by atoms with van der Waals surface area (Å²) in [7, 11) is 0. The summed E-state index contributed by atoms with van der Waals surface area (Å²) < 4.78 is 1.58. The van der Waals surface area contributed by atoms with Gasteiger partial charge in [0.2, 0.25) is 0 Å². The molecule has 3 nitrogen and oxygen atoms in total. The Balaban J connectivity index is 1.78. The van der Waals surface area contributed by atoms with E-state index in [2.05, 4.69) is 17.2 Å². The molecule has 0 bridgehead atoms. The van der Waals surface area contributed by atoms with Crippen LogP contribution in [0.5, 0.6) is 0 Å². The van der Waals surface area contributed by atoms with Crippen LogP contribution in [0.3, 0.4) is 0 Å². The topological polar surface area (TPSA) is 37.8 Å². The predicted octanol–water partition coefficient (Wildman–Crippen LogP) is 2.95. The molecule has 0 aliphatic heterocycles. The Morgan fingerprint density at radius 2 is 1.50 bits per heavy atom. The molecule has 1 N–H and O–H groups in total. The molecule has 0 spiro atoms. The van der Waals surface area contributed by atoms with E-state index in [0.29, 0.717) is 0 Å². The summed E-state index contributed by atoms with van der Waals surface area (Å²) in [6.07, 6.45) is 1.76. The second-order valence-electron chi connectivity index (χ2n) is 4.78. The summed E-state index contributed by atoms with van der Waals surface area (Å²) in [5.74, 6) is 0. The number of benzene rings is 2. The zero-order valence-electron chi connectivity index (χ0n) is 11.1. The predicted molar refractivity (Wildman–Crippen MR) is 80.2 cm³/mol. The van der Waals surface area contributed by atoms with E-state index in [1.165, 1.54) is 5.56 Å². The van der Waals surface area contributed by atoms with Crippen molar-refractivity contribution in [3.05, 3.63) is 88.3 Å². The van der Waals surface area contributed by atoms with Crippen LogP contribution in [0.4, 0.5) is 0 Å². The molecule has 0 fully saturated rings. The summed E-state index contributed by atoms with van der Waals surface area (Å²) in [6.45, 7) is 0. The first-order chi connectivity index (χ1) is 9.83. The number of nitrogens with zero attached hydrogens (tertiary/aromatic N) is 1. The van der Waals surface area contributed by atoms with Crippen LogP contribution in [-0.2, 0) is 12.8 Å². The number of aromatic nitrogens is 2. The fourth-order valence-corrected chi connectivity index (χ4v) is 2.27. The Bertz CT molecular complexity index is 726. The first kappa shape index (κ1) is 12.5. The van der Waals surface area contributed by atoms with E-state index in [-0.39, 0.29) is 5.56 Å². The number of para-hydroxylation sites is 1. The average molecular weight is 264 g/mol. The van der Waals surface area contributed by atoms with Crippen molar-refractivity contribution in [2.24, 2.45) is 0 Å². The molecular weight excluding hydrogens is 248 g/mol. The van der Waals surface area contributed by atoms with Gasteiger partial charge in [0.05, 0.1) is 5.69 Å². The number of aromatic amines is 1. The lowest BCUT2D eigenvalue weighted by Gasteiger charge is -2.02. The number of aryl methyl sites for hydroxylation is 2. The molecule has 0 atom stereocenters. The minimum Gasteiger partial charge on any atom is -0.295 e. The van der Waals surface area contributed by atoms with Crippen LogP contribution in [-0.4, -0.2) is 9.78 Å². The van der Waals surface area contributed by atoms with Crippen LogP contribution in [0.1, 0.15) is 11.3 Å². The van der Waals surface area contributed by atoms with Crippen LogP contribution in [0.25, 0.3) is 5.69 Å². The highest BCUT2D eigenvalue weighted by Gasteiger charge is 2.04. The molecule has 0 saturated heterocycles. The summed E-state index contributed by atoms with van der Waals surface area (Å²) in [5.41, 5.74) is 3.09. The molecule has 0 aliphatic rings. The third-order valence-corrected chi connectivity index (χ3v) is 3.31. The maximum absolute atomic E-state index is 12.0. The number of hydrogen-bond acceptors (Lipinski definition) is 1. The van der Waals surface area contributed by atoms with Gasteiger partial charge in [-0.25, -0.2) is 4.68 Å². The molecule has 1 aromatic heterocycles. The molecular formula is C17H16N2O. The van der Waals surface area contributed by atoms with Crippen LogP contribution in [0.2, 0.25) is 0 Å². The van der Waals surface area contributed by atoms with Gasteiger partial charge in [-0.2, -0.15) is 0 Å². The van der Waals surface area contributed by atoms with Crippen LogP contribution in [0, 0.1) is 0 Å². The molecule has 0 aliphatic carbocycles. The Kier molecular flexibility index (Phi) is 3.50. The van der Waals surface area contributed by atoms with E-state index in [9.17, 15) is 4.79 Å². The summed E-state index contributed by atoms with van der Waals surface area (Å²) in [5, 5.41) is 3.17. The van der Waals surface area contributed by atoms with Gasteiger partial charge in [0.15, 0.2) is 0 Å². The molecule has 0 amide bonds. The zero-order valence-corrected chi connectivity index (χ0v) is 11.1. The second kappa shape index (κ2) is 5.61. The van der Waals surface area contributed by atoms with E-state index < -0.39 is 0 Å². The molecule has 3 heteroatoms.